The van der Waals surface area contributed by atoms with E-state index in [2.05, 4.69) is 0 Å². The third-order valence-corrected chi connectivity index (χ3v) is 8.95. The number of carbonyl (C=O) groups excluding carboxylic acids is 2. The molecule has 32 heavy (non-hydrogen) atoms. The Balaban J connectivity index is 1.40. The number of carbonyl (C=O) groups is 2. The first-order valence-corrected chi connectivity index (χ1v) is 12.7. The van der Waals surface area contributed by atoms with Gasteiger partial charge in [0.05, 0.1) is 9.92 Å². The van der Waals surface area contributed by atoms with Crippen molar-refractivity contribution in [2.24, 2.45) is 0 Å². The molecule has 1 aliphatic rings. The molecule has 4 rings (SSSR count). The second-order valence-corrected chi connectivity index (χ2v) is 10.8. The summed E-state index contributed by atoms with van der Waals surface area (Å²) in [5, 5.41) is 1.59. The van der Waals surface area contributed by atoms with Crippen LogP contribution in [0.15, 0.2) is 59.5 Å². The zero-order valence-corrected chi connectivity index (χ0v) is 19.7. The summed E-state index contributed by atoms with van der Waals surface area (Å²) >= 11 is 7.94. The molecular formula is C23H21ClN2O4S2. The maximum atomic E-state index is 12.9. The standard InChI is InChI=1S/C23H21ClN2O4S2/c1-16(27)17-6-8-18(9-7-17)32(29,30)26-14-12-25(13-15-26)22(28)11-10-21-23(24)19-4-2-3-5-20(19)31-21/h2-11H,12-15H2,1H3/b11-10+. The second-order valence-electron chi connectivity index (χ2n) is 7.42. The zero-order valence-electron chi connectivity index (χ0n) is 17.3. The van der Waals surface area contributed by atoms with Gasteiger partial charge in [-0.2, -0.15) is 4.31 Å². The number of ketones is 1. The van der Waals surface area contributed by atoms with Crippen molar-refractivity contribution in [1.29, 1.82) is 0 Å². The second kappa shape index (κ2) is 9.15. The number of hydrogen-bond donors (Lipinski definition) is 0. The molecule has 166 valence electrons. The van der Waals surface area contributed by atoms with Crippen molar-refractivity contribution in [3.8, 4) is 0 Å². The number of amides is 1. The molecule has 0 saturated carbocycles. The largest absolute Gasteiger partial charge is 0.337 e. The van der Waals surface area contributed by atoms with Crippen molar-refractivity contribution in [3.05, 3.63) is 70.1 Å². The van der Waals surface area contributed by atoms with Gasteiger partial charge < -0.3 is 4.90 Å². The predicted molar refractivity (Wildman–Crippen MR) is 128 cm³/mol. The molecule has 2 aromatic carbocycles. The van der Waals surface area contributed by atoms with E-state index in [4.69, 9.17) is 11.6 Å². The molecule has 0 atom stereocenters. The Kier molecular flexibility index (Phi) is 6.48. The Morgan fingerprint density at radius 2 is 1.66 bits per heavy atom. The number of fused-ring (bicyclic) bond motifs is 1. The van der Waals surface area contributed by atoms with Crippen molar-refractivity contribution in [2.75, 3.05) is 26.2 Å². The van der Waals surface area contributed by atoms with E-state index in [-0.39, 0.29) is 29.7 Å². The van der Waals surface area contributed by atoms with Gasteiger partial charge in [-0.3, -0.25) is 9.59 Å². The summed E-state index contributed by atoms with van der Waals surface area (Å²) in [4.78, 5) is 26.6. The Bertz CT molecular complexity index is 1310. The van der Waals surface area contributed by atoms with Gasteiger partial charge in [0.15, 0.2) is 5.78 Å². The van der Waals surface area contributed by atoms with Gasteiger partial charge in [-0.05, 0) is 31.2 Å². The van der Waals surface area contributed by atoms with Crippen molar-refractivity contribution in [3.63, 3.8) is 0 Å². The van der Waals surface area contributed by atoms with Crippen molar-refractivity contribution in [2.45, 2.75) is 11.8 Å². The normalized spacial score (nSPS) is 15.5. The van der Waals surface area contributed by atoms with E-state index in [0.29, 0.717) is 23.7 Å². The lowest BCUT2D eigenvalue weighted by Gasteiger charge is -2.33. The topological polar surface area (TPSA) is 74.8 Å². The maximum absolute atomic E-state index is 12.9. The molecule has 1 saturated heterocycles. The van der Waals surface area contributed by atoms with Crippen LogP contribution in [0.25, 0.3) is 16.2 Å². The van der Waals surface area contributed by atoms with Crippen LogP contribution < -0.4 is 0 Å². The third kappa shape index (κ3) is 4.49. The molecule has 9 heteroatoms. The first-order chi connectivity index (χ1) is 15.3. The molecule has 1 aliphatic heterocycles. The first-order valence-electron chi connectivity index (χ1n) is 10.0. The summed E-state index contributed by atoms with van der Waals surface area (Å²) < 4.78 is 28.2. The van der Waals surface area contributed by atoms with Crippen LogP contribution in [0, 0.1) is 0 Å². The van der Waals surface area contributed by atoms with Crippen LogP contribution in [-0.4, -0.2) is 55.5 Å². The van der Waals surface area contributed by atoms with E-state index in [0.717, 1.165) is 15.0 Å². The Hall–Kier alpha value is -2.52. The number of sulfonamides is 1. The molecular weight excluding hydrogens is 468 g/mol. The quantitative estimate of drug-likeness (QED) is 0.396. The zero-order chi connectivity index (χ0) is 22.9. The number of halogens is 1. The summed E-state index contributed by atoms with van der Waals surface area (Å²) in [6.45, 7) is 2.45. The van der Waals surface area contributed by atoms with E-state index in [1.807, 2.05) is 24.3 Å². The Morgan fingerprint density at radius 1 is 1.00 bits per heavy atom. The lowest BCUT2D eigenvalue weighted by molar-refractivity contribution is -0.127. The molecule has 0 spiro atoms. The summed E-state index contributed by atoms with van der Waals surface area (Å²) in [5.41, 5.74) is 0.463. The molecule has 0 bridgehead atoms. The van der Waals surface area contributed by atoms with E-state index in [1.54, 1.807) is 11.0 Å². The smallest absolute Gasteiger partial charge is 0.246 e. The molecule has 0 aliphatic carbocycles. The summed E-state index contributed by atoms with van der Waals surface area (Å²) in [7, 11) is -3.68. The summed E-state index contributed by atoms with van der Waals surface area (Å²) in [5.74, 6) is -0.299. The van der Waals surface area contributed by atoms with Gasteiger partial charge in [-0.15, -0.1) is 11.3 Å². The fourth-order valence-electron chi connectivity index (χ4n) is 3.55. The predicted octanol–water partition coefficient (Wildman–Crippen LogP) is 4.30. The molecule has 1 aromatic heterocycles. The van der Waals surface area contributed by atoms with Crippen LogP contribution >= 0.6 is 22.9 Å². The highest BCUT2D eigenvalue weighted by molar-refractivity contribution is 7.89. The third-order valence-electron chi connectivity index (χ3n) is 5.39. The molecule has 0 radical (unpaired) electrons. The number of benzene rings is 2. The average Bonchev–Trinajstić information content (AvgIpc) is 3.13. The number of nitrogens with zero attached hydrogens (tertiary/aromatic N) is 2. The average molecular weight is 489 g/mol. The van der Waals surface area contributed by atoms with Crippen LogP contribution in [0.4, 0.5) is 0 Å². The molecule has 0 N–H and O–H groups in total. The van der Waals surface area contributed by atoms with Gasteiger partial charge in [0, 0.05) is 52.8 Å². The number of piperazine rings is 1. The van der Waals surface area contributed by atoms with Gasteiger partial charge in [0.25, 0.3) is 0 Å². The van der Waals surface area contributed by atoms with Crippen molar-refractivity contribution >= 4 is 60.8 Å². The van der Waals surface area contributed by atoms with E-state index < -0.39 is 10.0 Å². The van der Waals surface area contributed by atoms with Gasteiger partial charge in [-0.25, -0.2) is 8.42 Å². The van der Waals surface area contributed by atoms with E-state index in [1.165, 1.54) is 52.9 Å². The van der Waals surface area contributed by atoms with Gasteiger partial charge >= 0.3 is 0 Å². The summed E-state index contributed by atoms with van der Waals surface area (Å²) in [6.07, 6.45) is 3.20. The van der Waals surface area contributed by atoms with Crippen LogP contribution in [0.2, 0.25) is 5.02 Å². The van der Waals surface area contributed by atoms with Crippen LogP contribution in [0.5, 0.6) is 0 Å². The molecule has 3 aromatic rings. The highest BCUT2D eigenvalue weighted by Gasteiger charge is 2.29. The minimum absolute atomic E-state index is 0.119. The molecule has 6 nitrogen and oxygen atoms in total. The molecule has 1 fully saturated rings. The number of rotatable bonds is 5. The van der Waals surface area contributed by atoms with Gasteiger partial charge in [-0.1, -0.05) is 41.9 Å². The highest BCUT2D eigenvalue weighted by atomic mass is 35.5. The van der Waals surface area contributed by atoms with Crippen LogP contribution in [0.1, 0.15) is 22.2 Å². The number of thiophene rings is 1. The van der Waals surface area contributed by atoms with Gasteiger partial charge in [0.1, 0.15) is 0 Å². The Labute approximate surface area is 195 Å². The highest BCUT2D eigenvalue weighted by Crippen LogP contribution is 2.36. The molecule has 0 unspecified atom stereocenters. The minimum atomic E-state index is -3.68. The first kappa shape index (κ1) is 22.7. The fourth-order valence-corrected chi connectivity index (χ4v) is 6.37. The fraction of sp³-hybridized carbons (Fsp3) is 0.217. The van der Waals surface area contributed by atoms with Crippen LogP contribution in [-0.2, 0) is 14.8 Å². The number of Topliss-reactive ketones (excluding diaryl/α,β-unsaturated/α-hetero) is 1. The van der Waals surface area contributed by atoms with E-state index in [9.17, 15) is 18.0 Å². The SMILES string of the molecule is CC(=O)c1ccc(S(=O)(=O)N2CCN(C(=O)/C=C/c3sc4ccccc4c3Cl)CC2)cc1. The van der Waals surface area contributed by atoms with Crippen molar-refractivity contribution < 1.29 is 18.0 Å². The van der Waals surface area contributed by atoms with Crippen molar-refractivity contribution in [1.82, 2.24) is 9.21 Å². The van der Waals surface area contributed by atoms with E-state index >= 15 is 0 Å². The van der Waals surface area contributed by atoms with Gasteiger partial charge in [0.2, 0.25) is 15.9 Å². The maximum Gasteiger partial charge on any atom is 0.246 e. The minimum Gasteiger partial charge on any atom is -0.337 e. The van der Waals surface area contributed by atoms with Crippen LogP contribution in [0.3, 0.4) is 0 Å². The lowest BCUT2D eigenvalue weighted by Crippen LogP contribution is -2.50. The molecule has 2 heterocycles. The lowest BCUT2D eigenvalue weighted by atomic mass is 10.2. The monoisotopic (exact) mass is 488 g/mol. The number of hydrogen-bond acceptors (Lipinski definition) is 5. The Morgan fingerprint density at radius 3 is 2.28 bits per heavy atom. The summed E-state index contributed by atoms with van der Waals surface area (Å²) in [6, 6.07) is 13.7. The molecule has 1 amide bonds.